The fourth-order valence-electron chi connectivity index (χ4n) is 2.15. The Labute approximate surface area is 165 Å². The molecule has 1 aromatic carbocycles. The van der Waals surface area contributed by atoms with Crippen LogP contribution in [-0.4, -0.2) is 26.4 Å². The molecule has 6 heteroatoms. The minimum atomic E-state index is -0.340. The van der Waals surface area contributed by atoms with Crippen molar-refractivity contribution in [2.75, 3.05) is 5.32 Å². The van der Waals surface area contributed by atoms with Gasteiger partial charge in [-0.2, -0.15) is 0 Å². The third-order valence-corrected chi connectivity index (χ3v) is 3.31. The molecule has 0 fully saturated rings. The van der Waals surface area contributed by atoms with E-state index < -0.39 is 0 Å². The van der Waals surface area contributed by atoms with Crippen LogP contribution in [-0.2, 0) is 0 Å². The molecule has 0 aliphatic heterocycles. The number of hydrogen-bond acceptors (Lipinski definition) is 5. The molecule has 6 nitrogen and oxygen atoms in total. The number of amides is 1. The topological polar surface area (TPSA) is 93.8 Å². The maximum absolute atomic E-state index is 12.3. The first-order chi connectivity index (χ1) is 13.3. The number of rotatable bonds is 4. The normalized spacial score (nSPS) is 10.4. The van der Waals surface area contributed by atoms with E-state index in [1.54, 1.807) is 12.4 Å². The van der Waals surface area contributed by atoms with Crippen molar-refractivity contribution in [2.24, 2.45) is 5.73 Å². The Kier molecular flexibility index (Phi) is 7.12. The highest BCUT2D eigenvalue weighted by atomic mass is 16.1. The van der Waals surface area contributed by atoms with Crippen LogP contribution in [0.3, 0.4) is 0 Å². The predicted molar refractivity (Wildman–Crippen MR) is 113 cm³/mol. The van der Waals surface area contributed by atoms with Gasteiger partial charge >= 0.3 is 0 Å². The zero-order valence-corrected chi connectivity index (χ0v) is 16.4. The lowest BCUT2D eigenvalue weighted by Gasteiger charge is -2.12. The van der Waals surface area contributed by atoms with Gasteiger partial charge in [0.25, 0.3) is 5.91 Å². The summed E-state index contributed by atoms with van der Waals surface area (Å²) in [6.45, 7) is 10.0. The number of hydrogen-bond donors (Lipinski definition) is 2. The van der Waals surface area contributed by atoms with Crippen molar-refractivity contribution in [3.8, 4) is 0 Å². The lowest BCUT2D eigenvalue weighted by molar-refractivity contribution is 0.102. The zero-order chi connectivity index (χ0) is 20.6. The molecule has 28 heavy (non-hydrogen) atoms. The fourth-order valence-corrected chi connectivity index (χ4v) is 2.15. The minimum Gasteiger partial charge on any atom is -0.326 e. The van der Waals surface area contributed by atoms with Crippen LogP contribution in [0.15, 0.2) is 74.0 Å². The Morgan fingerprint density at radius 3 is 2.25 bits per heavy atom. The second-order valence-electron chi connectivity index (χ2n) is 7.18. The summed E-state index contributed by atoms with van der Waals surface area (Å²) >= 11 is 0. The molecule has 1 amide bonds. The summed E-state index contributed by atoms with van der Waals surface area (Å²) < 4.78 is 0. The summed E-state index contributed by atoms with van der Waals surface area (Å²) in [6.07, 6.45) is 7.67. The van der Waals surface area contributed by atoms with Crippen LogP contribution in [0.4, 0.5) is 5.69 Å². The van der Waals surface area contributed by atoms with Gasteiger partial charge in [0.05, 0.1) is 18.1 Å². The van der Waals surface area contributed by atoms with Crippen LogP contribution in [0, 0.1) is 0 Å². The van der Waals surface area contributed by atoms with Crippen molar-refractivity contribution in [3.63, 3.8) is 0 Å². The Bertz CT molecular complexity index is 912. The van der Waals surface area contributed by atoms with E-state index in [1.807, 2.05) is 57.2 Å². The van der Waals surface area contributed by atoms with Gasteiger partial charge in [0.1, 0.15) is 5.69 Å². The first-order valence-electron chi connectivity index (χ1n) is 8.80. The average Bonchev–Trinajstić information content (AvgIpc) is 2.68. The average molecular weight is 375 g/mol. The molecular weight excluding hydrogens is 350 g/mol. The van der Waals surface area contributed by atoms with E-state index in [0.29, 0.717) is 5.69 Å². The standard InChI is InChI=1S/C18H14N4O.C4H11N/c1-13(14-5-3-2-4-6-14)15-7-8-19-11-16(15)22-18(23)17-12-20-9-10-21-17;1-4(2,3)5/h2-12H,1H2,(H,22,23);5H2,1-3H3. The minimum absolute atomic E-state index is 0. The molecule has 3 N–H and O–H groups in total. The number of anilines is 1. The largest absolute Gasteiger partial charge is 0.326 e. The first-order valence-corrected chi connectivity index (χ1v) is 8.80. The highest BCUT2D eigenvalue weighted by Crippen LogP contribution is 2.27. The zero-order valence-electron chi connectivity index (χ0n) is 16.4. The van der Waals surface area contributed by atoms with Gasteiger partial charge in [0, 0.05) is 29.7 Å². The van der Waals surface area contributed by atoms with Gasteiger partial charge in [-0.1, -0.05) is 36.9 Å². The van der Waals surface area contributed by atoms with E-state index in [1.165, 1.54) is 18.6 Å². The maximum atomic E-state index is 12.3. The number of nitrogens with one attached hydrogen (secondary N) is 1. The highest BCUT2D eigenvalue weighted by Gasteiger charge is 2.13. The van der Waals surface area contributed by atoms with Crippen molar-refractivity contribution in [3.05, 3.63) is 90.8 Å². The summed E-state index contributed by atoms with van der Waals surface area (Å²) in [4.78, 5) is 24.2. The fraction of sp³-hybridized carbons (Fsp3) is 0.182. The molecular formula is C22H25N5O. The van der Waals surface area contributed by atoms with Gasteiger partial charge in [-0.3, -0.25) is 14.8 Å². The van der Waals surface area contributed by atoms with Gasteiger partial charge < -0.3 is 11.1 Å². The SMILES string of the molecule is C=C(c1ccccc1)c1ccncc1NC(=O)c1cnccn1.CC(C)(C)N. The van der Waals surface area contributed by atoms with Crippen molar-refractivity contribution >= 4 is 17.2 Å². The van der Waals surface area contributed by atoms with Crippen molar-refractivity contribution in [1.82, 2.24) is 15.0 Å². The number of nitrogens with two attached hydrogens (primary N) is 1. The van der Waals surface area contributed by atoms with Crippen LogP contribution in [0.5, 0.6) is 0 Å². The Hall–Kier alpha value is -3.38. The molecule has 0 saturated carbocycles. The van der Waals surface area contributed by atoms with E-state index in [2.05, 4.69) is 26.8 Å². The predicted octanol–water partition coefficient (Wildman–Crippen LogP) is 3.93. The van der Waals surface area contributed by atoms with Gasteiger partial charge in [0.2, 0.25) is 0 Å². The van der Waals surface area contributed by atoms with Gasteiger partial charge in [-0.25, -0.2) is 4.98 Å². The Morgan fingerprint density at radius 2 is 1.64 bits per heavy atom. The summed E-state index contributed by atoms with van der Waals surface area (Å²) in [5, 5.41) is 2.81. The summed E-state index contributed by atoms with van der Waals surface area (Å²) in [5.41, 5.74) is 8.77. The van der Waals surface area contributed by atoms with Crippen LogP contribution in [0.1, 0.15) is 42.4 Å². The monoisotopic (exact) mass is 375 g/mol. The van der Waals surface area contributed by atoms with E-state index in [-0.39, 0.29) is 17.1 Å². The molecule has 2 heterocycles. The molecule has 2 aromatic heterocycles. The van der Waals surface area contributed by atoms with Crippen molar-refractivity contribution in [1.29, 1.82) is 0 Å². The van der Waals surface area contributed by atoms with Crippen LogP contribution in [0.25, 0.3) is 5.57 Å². The number of nitrogens with zero attached hydrogens (tertiary/aromatic N) is 3. The van der Waals surface area contributed by atoms with E-state index in [4.69, 9.17) is 5.73 Å². The molecule has 0 spiro atoms. The molecule has 0 unspecified atom stereocenters. The number of carbonyl (C=O) groups is 1. The lowest BCUT2D eigenvalue weighted by atomic mass is 9.99. The lowest BCUT2D eigenvalue weighted by Crippen LogP contribution is -2.26. The summed E-state index contributed by atoms with van der Waals surface area (Å²) in [6, 6.07) is 11.6. The number of aromatic nitrogens is 3. The van der Waals surface area contributed by atoms with E-state index in [9.17, 15) is 4.79 Å². The van der Waals surface area contributed by atoms with Gasteiger partial charge in [-0.15, -0.1) is 0 Å². The molecule has 0 aliphatic rings. The van der Waals surface area contributed by atoms with E-state index in [0.717, 1.165) is 16.7 Å². The summed E-state index contributed by atoms with van der Waals surface area (Å²) in [5.74, 6) is -0.340. The highest BCUT2D eigenvalue weighted by molar-refractivity contribution is 6.04. The Balaban J connectivity index is 0.000000500. The molecule has 0 radical (unpaired) electrons. The molecule has 0 aliphatic carbocycles. The van der Waals surface area contributed by atoms with Crippen molar-refractivity contribution in [2.45, 2.75) is 26.3 Å². The number of benzene rings is 1. The van der Waals surface area contributed by atoms with Gasteiger partial charge in [-0.05, 0) is 38.0 Å². The third kappa shape index (κ3) is 6.74. The molecule has 0 bridgehead atoms. The molecule has 3 aromatic rings. The van der Waals surface area contributed by atoms with Crippen LogP contribution >= 0.6 is 0 Å². The Morgan fingerprint density at radius 1 is 1.00 bits per heavy atom. The number of pyridine rings is 1. The second-order valence-corrected chi connectivity index (χ2v) is 7.18. The third-order valence-electron chi connectivity index (χ3n) is 3.31. The number of carbonyl (C=O) groups excluding carboxylic acids is 1. The molecule has 3 rings (SSSR count). The molecule has 0 saturated heterocycles. The molecule has 144 valence electrons. The smallest absolute Gasteiger partial charge is 0.275 e. The first kappa shape index (κ1) is 20.9. The summed E-state index contributed by atoms with van der Waals surface area (Å²) in [7, 11) is 0. The molecule has 0 atom stereocenters. The quantitative estimate of drug-likeness (QED) is 0.720. The van der Waals surface area contributed by atoms with Crippen LogP contribution < -0.4 is 11.1 Å². The maximum Gasteiger partial charge on any atom is 0.275 e. The van der Waals surface area contributed by atoms with Crippen LogP contribution in [0.2, 0.25) is 0 Å². The van der Waals surface area contributed by atoms with E-state index >= 15 is 0 Å². The van der Waals surface area contributed by atoms with Gasteiger partial charge in [0.15, 0.2) is 0 Å². The second kappa shape index (κ2) is 9.53. The van der Waals surface area contributed by atoms with Crippen molar-refractivity contribution < 1.29 is 4.79 Å².